The Balaban J connectivity index is 2.37. The summed E-state index contributed by atoms with van der Waals surface area (Å²) in [7, 11) is 1.17. The summed E-state index contributed by atoms with van der Waals surface area (Å²) in [5.74, 6) is -2.21. The van der Waals surface area contributed by atoms with Gasteiger partial charge in [-0.2, -0.15) is 0 Å². The number of aliphatic hydroxyl groups excluding tert-OH is 2. The Bertz CT molecular complexity index is 803. The van der Waals surface area contributed by atoms with Gasteiger partial charge in [0.2, 0.25) is 5.91 Å². The monoisotopic (exact) mass is 372 g/mol. The average molecular weight is 372 g/mol. The van der Waals surface area contributed by atoms with E-state index in [4.69, 9.17) is 10.5 Å². The van der Waals surface area contributed by atoms with E-state index in [1.807, 2.05) is 4.98 Å². The second-order valence-corrected chi connectivity index (χ2v) is 6.01. The Kier molecular flexibility index (Phi) is 5.61. The van der Waals surface area contributed by atoms with Crippen molar-refractivity contribution in [2.75, 3.05) is 7.05 Å². The topological polar surface area (TPSA) is 188 Å². The molecular weight excluding hydrogens is 352 g/mol. The van der Waals surface area contributed by atoms with Crippen molar-refractivity contribution >= 4 is 11.9 Å². The summed E-state index contributed by atoms with van der Waals surface area (Å²) in [6.07, 6.45) is -5.36. The molecule has 0 radical (unpaired) electrons. The number of hydrogen-bond donors (Lipinski definition) is 5. The Labute approximate surface area is 146 Å². The van der Waals surface area contributed by atoms with Crippen molar-refractivity contribution in [2.24, 2.45) is 5.73 Å². The first-order valence-corrected chi connectivity index (χ1v) is 7.64. The van der Waals surface area contributed by atoms with Gasteiger partial charge in [-0.1, -0.05) is 0 Å². The number of nitrogens with one attached hydrogen (secondary N) is 1. The molecule has 2 heterocycles. The number of aromatic amines is 1. The fraction of sp³-hybridized carbons (Fsp3) is 0.571. The molecule has 1 aliphatic heterocycles. The van der Waals surface area contributed by atoms with Crippen molar-refractivity contribution in [3.63, 3.8) is 0 Å². The number of aliphatic carboxylic acids is 1. The molecule has 0 bridgehead atoms. The first kappa shape index (κ1) is 19.8. The molecule has 1 fully saturated rings. The van der Waals surface area contributed by atoms with E-state index in [0.717, 1.165) is 21.7 Å². The predicted molar refractivity (Wildman–Crippen MR) is 85.1 cm³/mol. The zero-order valence-corrected chi connectivity index (χ0v) is 14.0. The lowest BCUT2D eigenvalue weighted by atomic mass is 10.0. The number of amides is 1. The van der Waals surface area contributed by atoms with Gasteiger partial charge in [-0.3, -0.25) is 19.1 Å². The highest BCUT2D eigenvalue weighted by atomic mass is 16.6. The number of rotatable bonds is 5. The maximum Gasteiger partial charge on any atom is 0.330 e. The highest BCUT2D eigenvalue weighted by molar-refractivity contribution is 5.86. The van der Waals surface area contributed by atoms with Crippen LogP contribution in [-0.4, -0.2) is 79.1 Å². The fourth-order valence-electron chi connectivity index (χ4n) is 2.79. The van der Waals surface area contributed by atoms with E-state index in [0.29, 0.717) is 0 Å². The van der Waals surface area contributed by atoms with Gasteiger partial charge in [-0.15, -0.1) is 0 Å². The minimum absolute atomic E-state index is 0.679. The zero-order valence-electron chi connectivity index (χ0n) is 14.0. The second kappa shape index (κ2) is 7.37. The van der Waals surface area contributed by atoms with E-state index in [1.165, 1.54) is 14.0 Å². The van der Waals surface area contributed by atoms with Crippen molar-refractivity contribution in [3.05, 3.63) is 33.1 Å². The number of aliphatic hydroxyl groups is 2. The van der Waals surface area contributed by atoms with Crippen LogP contribution >= 0.6 is 0 Å². The zero-order chi connectivity index (χ0) is 19.8. The molecule has 144 valence electrons. The van der Waals surface area contributed by atoms with E-state index in [-0.39, 0.29) is 0 Å². The number of carboxylic acid groups (broad SMARTS) is 1. The quantitative estimate of drug-likeness (QED) is 0.348. The summed E-state index contributed by atoms with van der Waals surface area (Å²) in [5, 5.41) is 29.9. The van der Waals surface area contributed by atoms with Gasteiger partial charge in [0.15, 0.2) is 12.3 Å². The van der Waals surface area contributed by atoms with Crippen molar-refractivity contribution in [2.45, 2.75) is 43.5 Å². The molecule has 0 saturated carbocycles. The minimum atomic E-state index is -1.72. The number of carboxylic acids is 1. The van der Waals surface area contributed by atoms with Crippen LogP contribution in [0.25, 0.3) is 0 Å². The number of nitrogens with two attached hydrogens (primary N) is 1. The van der Waals surface area contributed by atoms with E-state index in [9.17, 15) is 34.5 Å². The second-order valence-electron chi connectivity index (χ2n) is 6.01. The lowest BCUT2D eigenvalue weighted by molar-refractivity contribution is -0.159. The normalized spacial score (nSPS) is 27.7. The Morgan fingerprint density at radius 3 is 2.46 bits per heavy atom. The Hall–Kier alpha value is -2.54. The number of aromatic nitrogens is 2. The fourth-order valence-corrected chi connectivity index (χ4v) is 2.79. The number of hydrogen-bond acceptors (Lipinski definition) is 8. The van der Waals surface area contributed by atoms with Crippen LogP contribution in [0.5, 0.6) is 0 Å². The van der Waals surface area contributed by atoms with E-state index in [1.54, 1.807) is 0 Å². The number of nitrogens with zero attached hydrogens (tertiary/aromatic N) is 2. The summed E-state index contributed by atoms with van der Waals surface area (Å²) >= 11 is 0. The summed E-state index contributed by atoms with van der Waals surface area (Å²) in [6, 6.07) is -1.66. The van der Waals surface area contributed by atoms with Gasteiger partial charge >= 0.3 is 11.7 Å². The summed E-state index contributed by atoms with van der Waals surface area (Å²) in [4.78, 5) is 49.4. The maximum absolute atomic E-state index is 12.0. The van der Waals surface area contributed by atoms with E-state index >= 15 is 0 Å². The molecular formula is C14H20N4O8. The smallest absolute Gasteiger partial charge is 0.330 e. The molecule has 1 aliphatic rings. The molecule has 1 aromatic heterocycles. The standard InChI is InChI=1S/C14H20N4O8/c1-5(15)11(22)17(2)7(13(23)24)10-8(20)9(21)12(26-10)18-4-3-6(19)16-14(18)25/h3-5,7-10,12,20-21H,15H2,1-2H3,(H,23,24)(H,16,19,25)/t5?,7?,8-,9+,10+,12+/m0/s1. The Morgan fingerprint density at radius 1 is 1.35 bits per heavy atom. The van der Waals surface area contributed by atoms with Crippen molar-refractivity contribution < 1.29 is 29.6 Å². The largest absolute Gasteiger partial charge is 0.480 e. The van der Waals surface area contributed by atoms with Crippen molar-refractivity contribution in [1.82, 2.24) is 14.5 Å². The van der Waals surface area contributed by atoms with Gasteiger partial charge in [0, 0.05) is 19.3 Å². The highest BCUT2D eigenvalue weighted by Crippen LogP contribution is 2.31. The van der Waals surface area contributed by atoms with E-state index < -0.39 is 59.7 Å². The first-order chi connectivity index (χ1) is 12.1. The third kappa shape index (κ3) is 3.53. The predicted octanol–water partition coefficient (Wildman–Crippen LogP) is -3.59. The third-order valence-electron chi connectivity index (χ3n) is 4.12. The van der Waals surface area contributed by atoms with Crippen LogP contribution in [-0.2, 0) is 14.3 Å². The highest BCUT2D eigenvalue weighted by Gasteiger charge is 2.51. The van der Waals surface area contributed by atoms with Crippen LogP contribution in [0.2, 0.25) is 0 Å². The Morgan fingerprint density at radius 2 is 1.96 bits per heavy atom. The van der Waals surface area contributed by atoms with Crippen LogP contribution in [0.15, 0.2) is 21.9 Å². The molecule has 0 spiro atoms. The average Bonchev–Trinajstić information content (AvgIpc) is 2.82. The number of likely N-dealkylation sites (N-methyl/N-ethyl adjacent to an activating group) is 1. The molecule has 26 heavy (non-hydrogen) atoms. The number of carbonyl (C=O) groups is 2. The molecule has 0 aromatic carbocycles. The molecule has 2 unspecified atom stereocenters. The molecule has 6 N–H and O–H groups in total. The number of ether oxygens (including phenoxy) is 1. The molecule has 1 saturated heterocycles. The summed E-state index contributed by atoms with van der Waals surface area (Å²) in [5.41, 5.74) is 3.88. The van der Waals surface area contributed by atoms with Crippen LogP contribution in [0, 0.1) is 0 Å². The molecule has 1 aromatic rings. The van der Waals surface area contributed by atoms with Gasteiger partial charge in [-0.25, -0.2) is 9.59 Å². The lowest BCUT2D eigenvalue weighted by Crippen LogP contribution is -2.56. The van der Waals surface area contributed by atoms with Crippen LogP contribution in [0.1, 0.15) is 13.2 Å². The van der Waals surface area contributed by atoms with E-state index in [2.05, 4.69) is 0 Å². The minimum Gasteiger partial charge on any atom is -0.480 e. The molecule has 12 nitrogen and oxygen atoms in total. The molecule has 12 heteroatoms. The molecule has 1 amide bonds. The van der Waals surface area contributed by atoms with Gasteiger partial charge in [0.25, 0.3) is 5.56 Å². The van der Waals surface area contributed by atoms with Gasteiger partial charge < -0.3 is 30.7 Å². The number of H-pyrrole nitrogens is 1. The van der Waals surface area contributed by atoms with Crippen molar-refractivity contribution in [1.29, 1.82) is 0 Å². The number of carbonyl (C=O) groups excluding carboxylic acids is 1. The van der Waals surface area contributed by atoms with Gasteiger partial charge in [0.05, 0.1) is 6.04 Å². The van der Waals surface area contributed by atoms with Crippen molar-refractivity contribution in [3.8, 4) is 0 Å². The third-order valence-corrected chi connectivity index (χ3v) is 4.12. The van der Waals surface area contributed by atoms with Gasteiger partial charge in [0.1, 0.15) is 18.3 Å². The summed E-state index contributed by atoms with van der Waals surface area (Å²) in [6.45, 7) is 1.36. The molecule has 6 atom stereocenters. The van der Waals surface area contributed by atoms with Crippen LogP contribution < -0.4 is 17.0 Å². The molecule has 0 aliphatic carbocycles. The van der Waals surface area contributed by atoms with Gasteiger partial charge in [-0.05, 0) is 6.92 Å². The molecule has 2 rings (SSSR count). The van der Waals surface area contributed by atoms with Crippen LogP contribution in [0.3, 0.4) is 0 Å². The summed E-state index contributed by atoms with van der Waals surface area (Å²) < 4.78 is 6.20. The first-order valence-electron chi connectivity index (χ1n) is 7.64. The van der Waals surface area contributed by atoms with Crippen LogP contribution in [0.4, 0.5) is 0 Å². The lowest BCUT2D eigenvalue weighted by Gasteiger charge is -2.31. The maximum atomic E-state index is 12.0. The SMILES string of the molecule is CC(N)C(=O)N(C)C(C(=O)O)[C@H]1O[C@@H](n2ccc(=O)[nH]c2=O)[C@H](O)[C@@H]1O.